The van der Waals surface area contributed by atoms with Gasteiger partial charge in [-0.3, -0.25) is 9.59 Å². The summed E-state index contributed by atoms with van der Waals surface area (Å²) < 4.78 is 5.39. The summed E-state index contributed by atoms with van der Waals surface area (Å²) in [7, 11) is 0. The third kappa shape index (κ3) is 3.24. The second-order valence-corrected chi connectivity index (χ2v) is 6.92. The molecule has 2 amide bonds. The molecule has 1 aromatic carbocycles. The number of ether oxygens (including phenoxy) is 1. The van der Waals surface area contributed by atoms with Gasteiger partial charge in [-0.25, -0.2) is 0 Å². The molecule has 0 spiro atoms. The van der Waals surface area contributed by atoms with Gasteiger partial charge in [-0.2, -0.15) is 0 Å². The second kappa shape index (κ2) is 5.85. The fourth-order valence-corrected chi connectivity index (χ4v) is 3.31. The first kappa shape index (κ1) is 16.4. The van der Waals surface area contributed by atoms with Crippen LogP contribution in [0.2, 0.25) is 10.0 Å². The van der Waals surface area contributed by atoms with E-state index in [9.17, 15) is 9.59 Å². The standard InChI is InChI=1S/C15H17Cl2N3O3/c16-10-2-1-9(7-11(10)17)23-8-12(21)19-14-3-5-15(18,6-4-14)20-13(14)22/h1-2,7H,3-6,8,18H2,(H,19,21)(H,20,22). The van der Waals surface area contributed by atoms with E-state index in [1.54, 1.807) is 12.1 Å². The van der Waals surface area contributed by atoms with Gasteiger partial charge in [-0.1, -0.05) is 23.2 Å². The van der Waals surface area contributed by atoms with Crippen molar-refractivity contribution in [3.63, 3.8) is 0 Å². The van der Waals surface area contributed by atoms with E-state index in [1.165, 1.54) is 6.07 Å². The van der Waals surface area contributed by atoms with Crippen LogP contribution in [0, 0.1) is 0 Å². The van der Waals surface area contributed by atoms with E-state index in [0.717, 1.165) is 0 Å². The second-order valence-electron chi connectivity index (χ2n) is 6.11. The first-order chi connectivity index (χ1) is 10.8. The fraction of sp³-hybridized carbons (Fsp3) is 0.467. The number of nitrogens with one attached hydrogen (secondary N) is 2. The SMILES string of the molecule is NC12CCC(NC(=O)COc3ccc(Cl)c(Cl)c3)(CC1)C(=O)N2. The predicted octanol–water partition coefficient (Wildman–Crippen LogP) is 1.59. The number of hydrogen-bond acceptors (Lipinski definition) is 4. The zero-order valence-corrected chi connectivity index (χ0v) is 13.8. The molecule has 124 valence electrons. The van der Waals surface area contributed by atoms with Crippen LogP contribution in [-0.4, -0.2) is 29.6 Å². The number of piperidine rings is 2. The highest BCUT2D eigenvalue weighted by molar-refractivity contribution is 6.42. The molecule has 6 nitrogen and oxygen atoms in total. The normalized spacial score (nSPS) is 29.1. The van der Waals surface area contributed by atoms with E-state index in [0.29, 0.717) is 41.5 Å². The Morgan fingerprint density at radius 1 is 1.26 bits per heavy atom. The van der Waals surface area contributed by atoms with Crippen LogP contribution in [0.1, 0.15) is 25.7 Å². The minimum absolute atomic E-state index is 0.208. The molecule has 0 unspecified atom stereocenters. The molecule has 0 atom stereocenters. The summed E-state index contributed by atoms with van der Waals surface area (Å²) in [5.41, 5.74) is 4.54. The molecule has 3 aliphatic rings. The third-order valence-electron chi connectivity index (χ3n) is 4.43. The molecule has 4 rings (SSSR count). The van der Waals surface area contributed by atoms with Crippen molar-refractivity contribution in [2.24, 2.45) is 5.73 Å². The Kier molecular flexibility index (Phi) is 4.16. The summed E-state index contributed by atoms with van der Waals surface area (Å²) >= 11 is 11.7. The van der Waals surface area contributed by atoms with Gasteiger partial charge in [-0.05, 0) is 37.8 Å². The number of halogens is 2. The van der Waals surface area contributed by atoms with Crippen LogP contribution in [0.3, 0.4) is 0 Å². The zero-order chi connectivity index (χ0) is 16.7. The number of fused-ring (bicyclic) bond motifs is 3. The maximum absolute atomic E-state index is 12.2. The highest BCUT2D eigenvalue weighted by atomic mass is 35.5. The van der Waals surface area contributed by atoms with Crippen molar-refractivity contribution in [2.75, 3.05) is 6.61 Å². The minimum atomic E-state index is -0.876. The molecule has 2 aliphatic heterocycles. The Morgan fingerprint density at radius 2 is 1.96 bits per heavy atom. The van der Waals surface area contributed by atoms with Crippen LogP contribution >= 0.6 is 23.2 Å². The van der Waals surface area contributed by atoms with E-state index in [-0.39, 0.29) is 18.4 Å². The van der Waals surface area contributed by atoms with Crippen LogP contribution in [0.25, 0.3) is 0 Å². The van der Waals surface area contributed by atoms with Crippen LogP contribution in [0.15, 0.2) is 18.2 Å². The molecular formula is C15H17Cl2N3O3. The van der Waals surface area contributed by atoms with Crippen molar-refractivity contribution in [3.05, 3.63) is 28.2 Å². The van der Waals surface area contributed by atoms with Crippen molar-refractivity contribution in [1.82, 2.24) is 10.6 Å². The molecule has 3 fully saturated rings. The topological polar surface area (TPSA) is 93.4 Å². The molecule has 1 aromatic rings. The van der Waals surface area contributed by atoms with Gasteiger partial charge in [0.15, 0.2) is 6.61 Å². The average molecular weight is 358 g/mol. The molecule has 1 aliphatic carbocycles. The lowest BCUT2D eigenvalue weighted by Crippen LogP contribution is -2.75. The van der Waals surface area contributed by atoms with Crippen LogP contribution in [-0.2, 0) is 9.59 Å². The van der Waals surface area contributed by atoms with E-state index in [1.807, 2.05) is 0 Å². The van der Waals surface area contributed by atoms with E-state index >= 15 is 0 Å². The lowest BCUT2D eigenvalue weighted by atomic mass is 9.71. The van der Waals surface area contributed by atoms with E-state index in [4.69, 9.17) is 33.7 Å². The Balaban J connectivity index is 1.59. The van der Waals surface area contributed by atoms with Gasteiger partial charge in [0.2, 0.25) is 5.91 Å². The number of hydrogen-bond donors (Lipinski definition) is 3. The molecule has 2 bridgehead atoms. The lowest BCUT2D eigenvalue weighted by Gasteiger charge is -2.51. The summed E-state index contributed by atoms with van der Waals surface area (Å²) in [5, 5.41) is 6.33. The molecule has 8 heteroatoms. The number of carbonyl (C=O) groups is 2. The average Bonchev–Trinajstić information content (AvgIpc) is 2.50. The monoisotopic (exact) mass is 357 g/mol. The maximum atomic E-state index is 12.2. The highest BCUT2D eigenvalue weighted by Crippen LogP contribution is 2.37. The Hall–Kier alpha value is -1.50. The highest BCUT2D eigenvalue weighted by Gasteiger charge is 2.53. The third-order valence-corrected chi connectivity index (χ3v) is 5.17. The van der Waals surface area contributed by atoms with Crippen LogP contribution in [0.4, 0.5) is 0 Å². The summed E-state index contributed by atoms with van der Waals surface area (Å²) in [4.78, 5) is 24.3. The van der Waals surface area contributed by atoms with Gasteiger partial charge in [0, 0.05) is 6.07 Å². The summed E-state index contributed by atoms with van der Waals surface area (Å²) in [6.07, 6.45) is 2.36. The van der Waals surface area contributed by atoms with Gasteiger partial charge in [-0.15, -0.1) is 0 Å². The number of carbonyl (C=O) groups excluding carboxylic acids is 2. The largest absolute Gasteiger partial charge is 0.484 e. The van der Waals surface area contributed by atoms with E-state index < -0.39 is 11.2 Å². The molecule has 2 saturated heterocycles. The van der Waals surface area contributed by atoms with Crippen molar-refractivity contribution in [2.45, 2.75) is 36.9 Å². The van der Waals surface area contributed by atoms with Crippen molar-refractivity contribution in [1.29, 1.82) is 0 Å². The summed E-state index contributed by atoms with van der Waals surface area (Å²) in [6.45, 7) is -0.208. The predicted molar refractivity (Wildman–Crippen MR) is 86.4 cm³/mol. The Morgan fingerprint density at radius 3 is 2.57 bits per heavy atom. The molecule has 23 heavy (non-hydrogen) atoms. The van der Waals surface area contributed by atoms with Crippen LogP contribution < -0.4 is 21.1 Å². The molecule has 1 saturated carbocycles. The lowest BCUT2D eigenvalue weighted by molar-refractivity contribution is -0.143. The van der Waals surface area contributed by atoms with Gasteiger partial charge in [0.25, 0.3) is 5.91 Å². The quantitative estimate of drug-likeness (QED) is 0.762. The van der Waals surface area contributed by atoms with Gasteiger partial charge >= 0.3 is 0 Å². The summed E-state index contributed by atoms with van der Waals surface area (Å²) in [5.74, 6) is -0.150. The maximum Gasteiger partial charge on any atom is 0.258 e. The molecule has 2 heterocycles. The number of benzene rings is 1. The summed E-state index contributed by atoms with van der Waals surface area (Å²) in [6, 6.07) is 4.75. The van der Waals surface area contributed by atoms with Crippen LogP contribution in [0.5, 0.6) is 5.75 Å². The number of amides is 2. The minimum Gasteiger partial charge on any atom is -0.484 e. The fourth-order valence-electron chi connectivity index (χ4n) is 3.02. The Bertz CT molecular complexity index is 657. The first-order valence-corrected chi connectivity index (χ1v) is 8.08. The van der Waals surface area contributed by atoms with Gasteiger partial charge in [0.1, 0.15) is 11.3 Å². The first-order valence-electron chi connectivity index (χ1n) is 7.32. The van der Waals surface area contributed by atoms with Crippen molar-refractivity contribution in [3.8, 4) is 5.75 Å². The molecule has 0 aromatic heterocycles. The van der Waals surface area contributed by atoms with Gasteiger partial charge < -0.3 is 21.1 Å². The number of rotatable bonds is 4. The number of nitrogens with two attached hydrogens (primary N) is 1. The smallest absolute Gasteiger partial charge is 0.258 e. The molecular weight excluding hydrogens is 341 g/mol. The molecule has 4 N–H and O–H groups in total. The van der Waals surface area contributed by atoms with E-state index in [2.05, 4.69) is 10.6 Å². The van der Waals surface area contributed by atoms with Crippen molar-refractivity contribution >= 4 is 35.0 Å². The zero-order valence-electron chi connectivity index (χ0n) is 12.3. The van der Waals surface area contributed by atoms with Crippen molar-refractivity contribution < 1.29 is 14.3 Å². The van der Waals surface area contributed by atoms with Gasteiger partial charge in [0.05, 0.1) is 15.7 Å². The Labute approximate surface area is 143 Å². The molecule has 0 radical (unpaired) electrons.